The summed E-state index contributed by atoms with van der Waals surface area (Å²) in [6.45, 7) is 3.62. The molecule has 1 rings (SSSR count). The van der Waals surface area contributed by atoms with Crippen LogP contribution < -0.4 is 10.6 Å². The number of aryl methyl sites for hydroxylation is 1. The predicted molar refractivity (Wildman–Crippen MR) is 69.3 cm³/mol. The van der Waals surface area contributed by atoms with Gasteiger partial charge in [-0.25, -0.2) is 0 Å². The van der Waals surface area contributed by atoms with E-state index in [1.165, 1.54) is 7.11 Å². The zero-order chi connectivity index (χ0) is 13.5. The molecule has 18 heavy (non-hydrogen) atoms. The Labute approximate surface area is 107 Å². The van der Waals surface area contributed by atoms with Crippen LogP contribution in [-0.4, -0.2) is 31.6 Å². The van der Waals surface area contributed by atoms with Gasteiger partial charge in [0.15, 0.2) is 0 Å². The van der Waals surface area contributed by atoms with Gasteiger partial charge in [-0.05, 0) is 25.5 Å². The number of carbonyl (C=O) groups is 2. The first-order valence-corrected chi connectivity index (χ1v) is 5.71. The van der Waals surface area contributed by atoms with E-state index in [4.69, 9.17) is 0 Å². The van der Waals surface area contributed by atoms with E-state index in [0.717, 1.165) is 11.3 Å². The first-order valence-electron chi connectivity index (χ1n) is 5.71. The van der Waals surface area contributed by atoms with Crippen molar-refractivity contribution in [1.82, 2.24) is 5.32 Å². The lowest BCUT2D eigenvalue weighted by Gasteiger charge is -2.12. The minimum atomic E-state index is -0.502. The molecular formula is C13H18N2O3. The molecule has 0 saturated carbocycles. The average Bonchev–Trinajstić information content (AvgIpc) is 2.37. The lowest BCUT2D eigenvalue weighted by molar-refractivity contribution is -0.142. The molecule has 0 fully saturated rings. The average molecular weight is 250 g/mol. The van der Waals surface area contributed by atoms with E-state index in [0.29, 0.717) is 0 Å². The van der Waals surface area contributed by atoms with Crippen molar-refractivity contribution >= 4 is 17.6 Å². The number of esters is 1. The zero-order valence-electron chi connectivity index (χ0n) is 10.8. The molecule has 2 N–H and O–H groups in total. The Morgan fingerprint density at radius 3 is 2.61 bits per heavy atom. The monoisotopic (exact) mass is 250 g/mol. The van der Waals surface area contributed by atoms with E-state index in [2.05, 4.69) is 15.4 Å². The molecule has 5 heteroatoms. The summed E-state index contributed by atoms with van der Waals surface area (Å²) in [5, 5.41) is 5.56. The summed E-state index contributed by atoms with van der Waals surface area (Å²) in [4.78, 5) is 22.8. The number of ether oxygens (including phenoxy) is 1. The molecule has 98 valence electrons. The molecule has 0 aliphatic heterocycles. The highest BCUT2D eigenvalue weighted by atomic mass is 16.5. The van der Waals surface area contributed by atoms with Crippen molar-refractivity contribution < 1.29 is 14.3 Å². The molecule has 0 bridgehead atoms. The summed E-state index contributed by atoms with van der Waals surface area (Å²) >= 11 is 0. The van der Waals surface area contributed by atoms with Gasteiger partial charge in [0.1, 0.15) is 6.04 Å². The van der Waals surface area contributed by atoms with Gasteiger partial charge < -0.3 is 10.1 Å². The summed E-state index contributed by atoms with van der Waals surface area (Å²) in [7, 11) is 1.31. The molecule has 0 heterocycles. The summed E-state index contributed by atoms with van der Waals surface area (Å²) in [6, 6.07) is 7.00. The molecule has 1 atom stereocenters. The van der Waals surface area contributed by atoms with Gasteiger partial charge >= 0.3 is 5.97 Å². The van der Waals surface area contributed by atoms with Crippen molar-refractivity contribution in [2.45, 2.75) is 19.9 Å². The minimum absolute atomic E-state index is 0.0601. The van der Waals surface area contributed by atoms with Crippen LogP contribution in [-0.2, 0) is 14.3 Å². The van der Waals surface area contributed by atoms with Crippen LogP contribution in [0, 0.1) is 6.92 Å². The first-order chi connectivity index (χ1) is 8.54. The van der Waals surface area contributed by atoms with Gasteiger partial charge in [-0.15, -0.1) is 0 Å². The third kappa shape index (κ3) is 4.18. The highest BCUT2D eigenvalue weighted by Gasteiger charge is 2.13. The highest BCUT2D eigenvalue weighted by molar-refractivity contribution is 5.93. The van der Waals surface area contributed by atoms with E-state index < -0.39 is 12.0 Å². The fourth-order valence-electron chi connectivity index (χ4n) is 1.41. The normalized spacial score (nSPS) is 11.7. The molecule has 0 aliphatic carbocycles. The fourth-order valence-corrected chi connectivity index (χ4v) is 1.41. The second-order valence-corrected chi connectivity index (χ2v) is 3.99. The first kappa shape index (κ1) is 14.2. The van der Waals surface area contributed by atoms with Crippen molar-refractivity contribution in [3.05, 3.63) is 29.8 Å². The van der Waals surface area contributed by atoms with Crippen LogP contribution >= 0.6 is 0 Å². The maximum atomic E-state index is 11.7. The van der Waals surface area contributed by atoms with Gasteiger partial charge in [0.2, 0.25) is 5.91 Å². The maximum absolute atomic E-state index is 11.7. The number of rotatable bonds is 5. The Hall–Kier alpha value is -1.88. The van der Waals surface area contributed by atoms with Gasteiger partial charge in [0.25, 0.3) is 0 Å². The topological polar surface area (TPSA) is 67.4 Å². The van der Waals surface area contributed by atoms with Gasteiger partial charge in [0, 0.05) is 5.69 Å². The molecule has 5 nitrogen and oxygen atoms in total. The number of benzene rings is 1. The predicted octanol–water partition coefficient (Wildman–Crippen LogP) is 1.08. The van der Waals surface area contributed by atoms with E-state index in [-0.39, 0.29) is 12.5 Å². The van der Waals surface area contributed by atoms with Gasteiger partial charge in [0.05, 0.1) is 13.7 Å². The SMILES string of the molecule is COC(=O)C(C)NCC(=O)Nc1ccccc1C. The molecule has 0 spiro atoms. The Balaban J connectivity index is 2.43. The Morgan fingerprint density at radius 2 is 2.00 bits per heavy atom. The number of nitrogens with one attached hydrogen (secondary N) is 2. The molecular weight excluding hydrogens is 232 g/mol. The number of methoxy groups -OCH3 is 1. The van der Waals surface area contributed by atoms with Crippen molar-refractivity contribution in [2.24, 2.45) is 0 Å². The molecule has 1 aromatic carbocycles. The number of amides is 1. The van der Waals surface area contributed by atoms with Crippen LogP contribution in [0.3, 0.4) is 0 Å². The van der Waals surface area contributed by atoms with E-state index >= 15 is 0 Å². The van der Waals surface area contributed by atoms with Crippen LogP contribution in [0.25, 0.3) is 0 Å². The number of hydrogen-bond donors (Lipinski definition) is 2. The van der Waals surface area contributed by atoms with Crippen LogP contribution in [0.15, 0.2) is 24.3 Å². The largest absolute Gasteiger partial charge is 0.468 e. The molecule has 0 radical (unpaired) electrons. The molecule has 1 unspecified atom stereocenters. The molecule has 1 aromatic rings. The standard InChI is InChI=1S/C13H18N2O3/c1-9-6-4-5-7-11(9)15-12(16)8-14-10(2)13(17)18-3/h4-7,10,14H,8H2,1-3H3,(H,15,16). The summed E-state index contributed by atoms with van der Waals surface area (Å²) in [5.74, 6) is -0.584. The van der Waals surface area contributed by atoms with E-state index in [9.17, 15) is 9.59 Å². The van der Waals surface area contributed by atoms with Gasteiger partial charge in [-0.1, -0.05) is 18.2 Å². The fraction of sp³-hybridized carbons (Fsp3) is 0.385. The van der Waals surface area contributed by atoms with E-state index in [1.54, 1.807) is 6.92 Å². The van der Waals surface area contributed by atoms with Crippen molar-refractivity contribution in [3.63, 3.8) is 0 Å². The number of hydrogen-bond acceptors (Lipinski definition) is 4. The molecule has 0 aromatic heterocycles. The Morgan fingerprint density at radius 1 is 1.33 bits per heavy atom. The second-order valence-electron chi connectivity index (χ2n) is 3.99. The van der Waals surface area contributed by atoms with Crippen molar-refractivity contribution in [2.75, 3.05) is 19.0 Å². The number of para-hydroxylation sites is 1. The van der Waals surface area contributed by atoms with Crippen LogP contribution in [0.2, 0.25) is 0 Å². The van der Waals surface area contributed by atoms with Crippen molar-refractivity contribution in [3.8, 4) is 0 Å². The van der Waals surface area contributed by atoms with Crippen LogP contribution in [0.4, 0.5) is 5.69 Å². The molecule has 0 aliphatic rings. The van der Waals surface area contributed by atoms with Crippen molar-refractivity contribution in [1.29, 1.82) is 0 Å². The van der Waals surface area contributed by atoms with Crippen LogP contribution in [0.1, 0.15) is 12.5 Å². The third-order valence-electron chi connectivity index (χ3n) is 2.54. The summed E-state index contributed by atoms with van der Waals surface area (Å²) < 4.78 is 4.55. The summed E-state index contributed by atoms with van der Waals surface area (Å²) in [5.41, 5.74) is 1.77. The minimum Gasteiger partial charge on any atom is -0.468 e. The van der Waals surface area contributed by atoms with Gasteiger partial charge in [-0.3, -0.25) is 14.9 Å². The van der Waals surface area contributed by atoms with Gasteiger partial charge in [-0.2, -0.15) is 0 Å². The van der Waals surface area contributed by atoms with Crippen LogP contribution in [0.5, 0.6) is 0 Å². The number of anilines is 1. The van der Waals surface area contributed by atoms with E-state index in [1.807, 2.05) is 31.2 Å². The maximum Gasteiger partial charge on any atom is 0.322 e. The Kier molecular flexibility index (Phi) is 5.32. The quantitative estimate of drug-likeness (QED) is 0.767. The highest BCUT2D eigenvalue weighted by Crippen LogP contribution is 2.12. The lowest BCUT2D eigenvalue weighted by atomic mass is 10.2. The summed E-state index contributed by atoms with van der Waals surface area (Å²) in [6.07, 6.45) is 0. The second kappa shape index (κ2) is 6.76. The third-order valence-corrected chi connectivity index (χ3v) is 2.54. The Bertz CT molecular complexity index is 432. The molecule has 1 amide bonds. The lowest BCUT2D eigenvalue weighted by Crippen LogP contribution is -2.39. The number of carbonyl (C=O) groups excluding carboxylic acids is 2. The zero-order valence-corrected chi connectivity index (χ0v) is 10.8. The molecule has 0 saturated heterocycles. The smallest absolute Gasteiger partial charge is 0.322 e.